The van der Waals surface area contributed by atoms with E-state index in [9.17, 15) is 19.8 Å². The molecule has 1 unspecified atom stereocenters. The van der Waals surface area contributed by atoms with Crippen molar-refractivity contribution in [3.05, 3.63) is 69.1 Å². The molecule has 0 saturated carbocycles. The summed E-state index contributed by atoms with van der Waals surface area (Å²) in [5, 5.41) is 20.5. The molecule has 0 fully saturated rings. The number of rotatable bonds is 7. The van der Waals surface area contributed by atoms with Crippen LogP contribution in [0.15, 0.2) is 62.4 Å². The maximum atomic E-state index is 12.4. The summed E-state index contributed by atoms with van der Waals surface area (Å²) in [4.78, 5) is 24.2. The quantitative estimate of drug-likeness (QED) is 0.366. The van der Waals surface area contributed by atoms with Gasteiger partial charge in [-0.05, 0) is 52.3 Å². The van der Waals surface area contributed by atoms with Crippen LogP contribution in [0.5, 0.6) is 11.5 Å². The van der Waals surface area contributed by atoms with E-state index in [1.54, 1.807) is 6.08 Å². The van der Waals surface area contributed by atoms with E-state index < -0.39 is 5.63 Å². The van der Waals surface area contributed by atoms with Gasteiger partial charge in [-0.3, -0.25) is 4.79 Å². The number of aromatic hydroxyl groups is 2. The van der Waals surface area contributed by atoms with Gasteiger partial charge >= 0.3 is 5.63 Å². The van der Waals surface area contributed by atoms with Gasteiger partial charge in [0.05, 0.1) is 10.9 Å². The van der Waals surface area contributed by atoms with E-state index in [-0.39, 0.29) is 34.3 Å². The minimum absolute atomic E-state index is 0.0397. The third kappa shape index (κ3) is 5.70. The van der Waals surface area contributed by atoms with Gasteiger partial charge < -0.3 is 14.6 Å². The Morgan fingerprint density at radius 1 is 1.14 bits per heavy atom. The molecule has 154 valence electrons. The molecule has 0 saturated heterocycles. The van der Waals surface area contributed by atoms with Gasteiger partial charge in [-0.15, -0.1) is 0 Å². The molecular weight excluding hydrogens is 368 g/mol. The number of carbonyl (C=O) groups excluding carboxylic acids is 1. The van der Waals surface area contributed by atoms with Crippen LogP contribution in [0.25, 0.3) is 11.0 Å². The van der Waals surface area contributed by atoms with Crippen LogP contribution in [0.3, 0.4) is 0 Å². The highest BCUT2D eigenvalue weighted by Crippen LogP contribution is 2.35. The van der Waals surface area contributed by atoms with Crippen molar-refractivity contribution in [1.29, 1.82) is 0 Å². The van der Waals surface area contributed by atoms with Crippen molar-refractivity contribution in [3.63, 3.8) is 0 Å². The van der Waals surface area contributed by atoms with Crippen LogP contribution in [0.4, 0.5) is 0 Å². The van der Waals surface area contributed by atoms with Gasteiger partial charge in [-0.25, -0.2) is 4.79 Å². The topological polar surface area (TPSA) is 87.7 Å². The molecule has 29 heavy (non-hydrogen) atoms. The van der Waals surface area contributed by atoms with Gasteiger partial charge in [-0.1, -0.05) is 35.8 Å². The average molecular weight is 396 g/mol. The summed E-state index contributed by atoms with van der Waals surface area (Å²) in [6.07, 6.45) is 6.60. The lowest BCUT2D eigenvalue weighted by atomic mass is 9.92. The maximum absolute atomic E-state index is 12.4. The molecule has 0 bridgehead atoms. The summed E-state index contributed by atoms with van der Waals surface area (Å²) < 4.78 is 5.29. The molecule has 1 heterocycles. The first-order valence-corrected chi connectivity index (χ1v) is 9.58. The minimum atomic E-state index is -0.625. The van der Waals surface area contributed by atoms with Crippen LogP contribution in [-0.2, 0) is 4.79 Å². The van der Waals surface area contributed by atoms with E-state index in [1.165, 1.54) is 18.2 Å². The predicted octanol–water partition coefficient (Wildman–Crippen LogP) is 5.52. The summed E-state index contributed by atoms with van der Waals surface area (Å²) in [5.74, 6) is -0.430. The molecule has 1 atom stereocenters. The van der Waals surface area contributed by atoms with Crippen LogP contribution in [0.1, 0.15) is 58.9 Å². The maximum Gasteiger partial charge on any atom is 0.343 e. The van der Waals surface area contributed by atoms with Gasteiger partial charge in [0.15, 0.2) is 5.78 Å². The second-order valence-electron chi connectivity index (χ2n) is 7.65. The van der Waals surface area contributed by atoms with Gasteiger partial charge in [0.2, 0.25) is 0 Å². The SMILES string of the molecule is CC(C)=CC(=O)CC(C)=CCC=C(C)C(C)c1c(O)c2ccc(O)cc2oc1=O. The molecule has 5 heteroatoms. The molecule has 0 amide bonds. The van der Waals surface area contributed by atoms with E-state index in [4.69, 9.17) is 4.42 Å². The number of ketones is 1. The van der Waals surface area contributed by atoms with Crippen LogP contribution >= 0.6 is 0 Å². The molecule has 0 aliphatic heterocycles. The van der Waals surface area contributed by atoms with E-state index >= 15 is 0 Å². The van der Waals surface area contributed by atoms with Crippen molar-refractivity contribution in [1.82, 2.24) is 0 Å². The largest absolute Gasteiger partial charge is 0.508 e. The zero-order chi connectivity index (χ0) is 21.7. The Morgan fingerprint density at radius 3 is 2.48 bits per heavy atom. The van der Waals surface area contributed by atoms with Crippen molar-refractivity contribution in [2.45, 2.75) is 53.4 Å². The molecule has 2 rings (SSSR count). The predicted molar refractivity (Wildman–Crippen MR) is 115 cm³/mol. The first kappa shape index (κ1) is 22.2. The summed E-state index contributed by atoms with van der Waals surface area (Å²) in [5.41, 5.74) is 2.58. The molecule has 0 radical (unpaired) electrons. The van der Waals surface area contributed by atoms with Crippen molar-refractivity contribution in [3.8, 4) is 11.5 Å². The fourth-order valence-electron chi connectivity index (χ4n) is 3.14. The molecule has 1 aromatic heterocycles. The van der Waals surface area contributed by atoms with E-state index in [0.717, 1.165) is 16.7 Å². The van der Waals surface area contributed by atoms with Gasteiger partial charge in [0, 0.05) is 18.4 Å². The smallest absolute Gasteiger partial charge is 0.343 e. The Kier molecular flexibility index (Phi) is 7.21. The van der Waals surface area contributed by atoms with Crippen molar-refractivity contribution in [2.75, 3.05) is 0 Å². The van der Waals surface area contributed by atoms with Crippen molar-refractivity contribution in [2.24, 2.45) is 0 Å². The Hall–Kier alpha value is -3.08. The lowest BCUT2D eigenvalue weighted by Gasteiger charge is -2.14. The van der Waals surface area contributed by atoms with Crippen LogP contribution in [0.2, 0.25) is 0 Å². The molecule has 1 aromatic carbocycles. The highest BCUT2D eigenvalue weighted by Gasteiger charge is 2.21. The van der Waals surface area contributed by atoms with Crippen LogP contribution < -0.4 is 5.63 Å². The molecule has 5 nitrogen and oxygen atoms in total. The Balaban J connectivity index is 2.21. The van der Waals surface area contributed by atoms with Gasteiger partial charge in [0.25, 0.3) is 0 Å². The number of hydrogen-bond acceptors (Lipinski definition) is 5. The minimum Gasteiger partial charge on any atom is -0.508 e. The Labute approximate surface area is 170 Å². The number of fused-ring (bicyclic) bond motifs is 1. The first-order valence-electron chi connectivity index (χ1n) is 9.58. The third-order valence-corrected chi connectivity index (χ3v) is 4.82. The normalized spacial score (nSPS) is 13.4. The van der Waals surface area contributed by atoms with E-state index in [0.29, 0.717) is 18.2 Å². The Bertz CT molecular complexity index is 1060. The fraction of sp³-hybridized carbons (Fsp3) is 0.333. The molecule has 0 aliphatic carbocycles. The van der Waals surface area contributed by atoms with E-state index in [2.05, 4.69) is 0 Å². The number of benzene rings is 1. The van der Waals surface area contributed by atoms with E-state index in [1.807, 2.05) is 46.8 Å². The zero-order valence-corrected chi connectivity index (χ0v) is 17.6. The van der Waals surface area contributed by atoms with Gasteiger partial charge in [-0.2, -0.15) is 0 Å². The van der Waals surface area contributed by atoms with Crippen LogP contribution in [0, 0.1) is 0 Å². The molecule has 2 N–H and O–H groups in total. The zero-order valence-electron chi connectivity index (χ0n) is 17.6. The highest BCUT2D eigenvalue weighted by atomic mass is 16.4. The second-order valence-corrected chi connectivity index (χ2v) is 7.65. The number of hydrogen-bond donors (Lipinski definition) is 2. The monoisotopic (exact) mass is 396 g/mol. The lowest BCUT2D eigenvalue weighted by Crippen LogP contribution is -2.12. The van der Waals surface area contributed by atoms with Gasteiger partial charge in [0.1, 0.15) is 17.1 Å². The number of phenols is 1. The molecule has 0 aliphatic rings. The fourth-order valence-corrected chi connectivity index (χ4v) is 3.14. The number of allylic oxidation sites excluding steroid dienone is 6. The standard InChI is InChI=1S/C24H28O5/c1-14(2)11-19(26)12-15(3)7-6-8-16(4)17(5)22-23(27)20-10-9-18(25)13-21(20)29-24(22)28/h7-11,13,17,25,27H,6,12H2,1-5H3. The lowest BCUT2D eigenvalue weighted by molar-refractivity contribution is -0.114. The summed E-state index contributed by atoms with van der Waals surface area (Å²) in [6, 6.07) is 4.26. The highest BCUT2D eigenvalue weighted by molar-refractivity contribution is 5.91. The molecule has 0 spiro atoms. The summed E-state index contributed by atoms with van der Waals surface area (Å²) in [7, 11) is 0. The molecular formula is C24H28O5. The van der Waals surface area contributed by atoms with Crippen molar-refractivity contribution < 1.29 is 19.4 Å². The Morgan fingerprint density at radius 2 is 1.83 bits per heavy atom. The molecule has 2 aromatic rings. The number of phenolic OH excluding ortho intramolecular Hbond substituents is 1. The van der Waals surface area contributed by atoms with Crippen molar-refractivity contribution >= 4 is 16.8 Å². The average Bonchev–Trinajstić information content (AvgIpc) is 2.60. The first-order chi connectivity index (χ1) is 13.6. The van der Waals surface area contributed by atoms with Crippen LogP contribution in [-0.4, -0.2) is 16.0 Å². The second kappa shape index (κ2) is 9.41. The number of carbonyl (C=O) groups is 1. The summed E-state index contributed by atoms with van der Waals surface area (Å²) in [6.45, 7) is 9.43. The summed E-state index contributed by atoms with van der Waals surface area (Å²) >= 11 is 0. The third-order valence-electron chi connectivity index (χ3n) is 4.82.